The summed E-state index contributed by atoms with van der Waals surface area (Å²) in [5, 5.41) is 18.5. The molecule has 0 aliphatic rings. The molecule has 0 radical (unpaired) electrons. The van der Waals surface area contributed by atoms with Gasteiger partial charge in [0.05, 0.1) is 11.6 Å². The molecule has 0 unspecified atom stereocenters. The van der Waals surface area contributed by atoms with Crippen LogP contribution in [0.15, 0.2) is 60.2 Å². The Bertz CT molecular complexity index is 622. The van der Waals surface area contributed by atoms with Crippen molar-refractivity contribution in [2.75, 3.05) is 0 Å². The molecule has 19 heavy (non-hydrogen) atoms. The van der Waals surface area contributed by atoms with Crippen molar-refractivity contribution < 1.29 is 9.84 Å². The molecule has 0 saturated carbocycles. The first-order chi connectivity index (χ1) is 9.20. The Labute approximate surface area is 112 Å². The van der Waals surface area contributed by atoms with Crippen molar-refractivity contribution in [3.8, 4) is 17.6 Å². The lowest BCUT2D eigenvalue weighted by Crippen LogP contribution is -1.88. The Morgan fingerprint density at radius 1 is 1.00 bits per heavy atom. The van der Waals surface area contributed by atoms with Gasteiger partial charge in [-0.25, -0.2) is 0 Å². The number of hydrogen-bond donors (Lipinski definition) is 1. The van der Waals surface area contributed by atoms with Crippen LogP contribution in [0, 0.1) is 11.3 Å². The second kappa shape index (κ2) is 5.74. The van der Waals surface area contributed by atoms with Gasteiger partial charge in [-0.3, -0.25) is 0 Å². The summed E-state index contributed by atoms with van der Waals surface area (Å²) in [6.45, 7) is 1.57. The third-order valence-corrected chi connectivity index (χ3v) is 2.63. The maximum absolute atomic E-state index is 9.79. The number of ether oxygens (including phenoxy) is 1. The van der Waals surface area contributed by atoms with E-state index in [1.54, 1.807) is 31.2 Å². The molecule has 3 nitrogen and oxygen atoms in total. The van der Waals surface area contributed by atoms with Crippen molar-refractivity contribution in [2.45, 2.75) is 6.92 Å². The molecule has 0 aliphatic heterocycles. The van der Waals surface area contributed by atoms with Crippen molar-refractivity contribution in [3.05, 3.63) is 65.7 Å². The fourth-order valence-corrected chi connectivity index (χ4v) is 1.57. The number of rotatable bonds is 3. The normalized spacial score (nSPS) is 11.4. The lowest BCUT2D eigenvalue weighted by Gasteiger charge is -2.06. The molecule has 0 atom stereocenters. The van der Waals surface area contributed by atoms with Gasteiger partial charge in [0.25, 0.3) is 0 Å². The van der Waals surface area contributed by atoms with Crippen LogP contribution in [-0.2, 0) is 0 Å². The highest BCUT2D eigenvalue weighted by atomic mass is 16.5. The molecule has 0 aromatic heterocycles. The molecule has 3 heteroatoms. The summed E-state index contributed by atoms with van der Waals surface area (Å²) in [5.74, 6) is 1.43. The molecule has 0 aliphatic carbocycles. The number of para-hydroxylation sites is 1. The average Bonchev–Trinajstić information content (AvgIpc) is 2.47. The Kier molecular flexibility index (Phi) is 3.84. The Morgan fingerprint density at radius 3 is 2.16 bits per heavy atom. The van der Waals surface area contributed by atoms with Crippen LogP contribution in [0.3, 0.4) is 0 Å². The molecule has 1 N–H and O–H groups in total. The summed E-state index contributed by atoms with van der Waals surface area (Å²) < 4.78 is 5.64. The van der Waals surface area contributed by atoms with Gasteiger partial charge in [0.2, 0.25) is 0 Å². The van der Waals surface area contributed by atoms with Gasteiger partial charge in [0, 0.05) is 5.56 Å². The lowest BCUT2D eigenvalue weighted by atomic mass is 10.1. The molecule has 0 heterocycles. The number of nitriles is 1. The molecule has 2 aromatic rings. The van der Waals surface area contributed by atoms with E-state index in [2.05, 4.69) is 0 Å². The molecule has 2 aromatic carbocycles. The molecular weight excluding hydrogens is 238 g/mol. The third kappa shape index (κ3) is 3.14. The van der Waals surface area contributed by atoms with Gasteiger partial charge in [-0.1, -0.05) is 18.2 Å². The van der Waals surface area contributed by atoms with Crippen LogP contribution >= 0.6 is 0 Å². The summed E-state index contributed by atoms with van der Waals surface area (Å²) in [7, 11) is 0. The predicted octanol–water partition coefficient (Wildman–Crippen LogP) is 4.29. The fraction of sp³-hybridized carbons (Fsp3) is 0.0625. The van der Waals surface area contributed by atoms with E-state index in [9.17, 15) is 5.11 Å². The van der Waals surface area contributed by atoms with Gasteiger partial charge in [-0.2, -0.15) is 5.26 Å². The largest absolute Gasteiger partial charge is 0.506 e. The van der Waals surface area contributed by atoms with Crippen molar-refractivity contribution in [3.63, 3.8) is 0 Å². The zero-order chi connectivity index (χ0) is 13.7. The zero-order valence-electron chi connectivity index (χ0n) is 10.5. The van der Waals surface area contributed by atoms with E-state index in [1.807, 2.05) is 36.4 Å². The molecule has 0 saturated heterocycles. The van der Waals surface area contributed by atoms with E-state index in [0.717, 1.165) is 5.75 Å². The molecule has 0 fully saturated rings. The Balaban J connectivity index is 2.18. The quantitative estimate of drug-likeness (QED) is 0.654. The Morgan fingerprint density at radius 2 is 1.58 bits per heavy atom. The van der Waals surface area contributed by atoms with Crippen LogP contribution < -0.4 is 4.74 Å². The van der Waals surface area contributed by atoms with Gasteiger partial charge in [-0.15, -0.1) is 0 Å². The van der Waals surface area contributed by atoms with Gasteiger partial charge in [-0.05, 0) is 43.3 Å². The van der Waals surface area contributed by atoms with Gasteiger partial charge >= 0.3 is 0 Å². The maximum Gasteiger partial charge on any atom is 0.136 e. The molecule has 2 rings (SSSR count). The van der Waals surface area contributed by atoms with Gasteiger partial charge < -0.3 is 9.84 Å². The Hall–Kier alpha value is -2.73. The van der Waals surface area contributed by atoms with E-state index >= 15 is 0 Å². The van der Waals surface area contributed by atoms with Gasteiger partial charge in [0.1, 0.15) is 17.3 Å². The lowest BCUT2D eigenvalue weighted by molar-refractivity contribution is 0.482. The van der Waals surface area contributed by atoms with E-state index in [0.29, 0.717) is 11.3 Å². The van der Waals surface area contributed by atoms with Crippen LogP contribution in [0.4, 0.5) is 0 Å². The predicted molar refractivity (Wildman–Crippen MR) is 73.8 cm³/mol. The van der Waals surface area contributed by atoms with E-state index in [1.165, 1.54) is 0 Å². The van der Waals surface area contributed by atoms with Crippen LogP contribution in [0.2, 0.25) is 0 Å². The highest BCUT2D eigenvalue weighted by molar-refractivity contribution is 5.65. The minimum absolute atomic E-state index is 0.00578. The van der Waals surface area contributed by atoms with Crippen LogP contribution in [0.1, 0.15) is 12.5 Å². The minimum atomic E-state index is -0.00578. The fourth-order valence-electron chi connectivity index (χ4n) is 1.57. The topological polar surface area (TPSA) is 53.2 Å². The minimum Gasteiger partial charge on any atom is -0.506 e. The molecule has 0 amide bonds. The van der Waals surface area contributed by atoms with E-state index < -0.39 is 0 Å². The number of nitrogens with zero attached hydrogens (tertiary/aromatic N) is 1. The summed E-state index contributed by atoms with van der Waals surface area (Å²) >= 11 is 0. The van der Waals surface area contributed by atoms with Crippen molar-refractivity contribution in [1.29, 1.82) is 5.26 Å². The molecule has 0 spiro atoms. The first-order valence-corrected chi connectivity index (χ1v) is 5.84. The van der Waals surface area contributed by atoms with E-state index in [4.69, 9.17) is 10.00 Å². The highest BCUT2D eigenvalue weighted by Crippen LogP contribution is 2.23. The van der Waals surface area contributed by atoms with Crippen LogP contribution in [0.25, 0.3) is 5.76 Å². The maximum atomic E-state index is 9.79. The van der Waals surface area contributed by atoms with E-state index in [-0.39, 0.29) is 11.3 Å². The molecule has 94 valence electrons. The SMILES string of the molecule is C/C(C#N)=C(\O)c1ccc(Oc2ccccc2)cc1. The molecule has 0 bridgehead atoms. The first kappa shape index (κ1) is 12.7. The number of aliphatic hydroxyl groups is 1. The monoisotopic (exact) mass is 251 g/mol. The number of hydrogen-bond acceptors (Lipinski definition) is 3. The third-order valence-electron chi connectivity index (χ3n) is 2.63. The van der Waals surface area contributed by atoms with Crippen LogP contribution in [0.5, 0.6) is 11.5 Å². The summed E-state index contributed by atoms with van der Waals surface area (Å²) in [6.07, 6.45) is 0. The molecular formula is C16H13NO2. The smallest absolute Gasteiger partial charge is 0.136 e. The second-order valence-electron chi connectivity index (χ2n) is 4.02. The van der Waals surface area contributed by atoms with Gasteiger partial charge in [0.15, 0.2) is 0 Å². The average molecular weight is 251 g/mol. The van der Waals surface area contributed by atoms with Crippen molar-refractivity contribution in [1.82, 2.24) is 0 Å². The van der Waals surface area contributed by atoms with Crippen molar-refractivity contribution in [2.24, 2.45) is 0 Å². The number of allylic oxidation sites excluding steroid dienone is 1. The van der Waals surface area contributed by atoms with Crippen molar-refractivity contribution >= 4 is 5.76 Å². The number of aliphatic hydroxyl groups excluding tert-OH is 1. The standard InChI is InChI=1S/C16H13NO2/c1-12(11-17)16(18)13-7-9-15(10-8-13)19-14-5-3-2-4-6-14/h2-10,18H,1H3/b16-12+. The second-order valence-corrected chi connectivity index (χ2v) is 4.02. The zero-order valence-corrected chi connectivity index (χ0v) is 10.5. The summed E-state index contributed by atoms with van der Waals surface area (Å²) in [4.78, 5) is 0. The summed E-state index contributed by atoms with van der Waals surface area (Å²) in [5.41, 5.74) is 0.885. The highest BCUT2D eigenvalue weighted by Gasteiger charge is 2.04. The summed E-state index contributed by atoms with van der Waals surface area (Å²) in [6, 6.07) is 18.3. The van der Waals surface area contributed by atoms with Crippen LogP contribution in [-0.4, -0.2) is 5.11 Å². The first-order valence-electron chi connectivity index (χ1n) is 5.84. The number of benzene rings is 2.